The number of carbonyl (C=O) groups excluding carboxylic acids is 1. The lowest BCUT2D eigenvalue weighted by Gasteiger charge is -2.28. The lowest BCUT2D eigenvalue weighted by Crippen LogP contribution is -2.49. The molecule has 3 rings (SSSR count). The lowest BCUT2D eigenvalue weighted by molar-refractivity contribution is -0.108. The number of aromatic nitrogens is 3. The van der Waals surface area contributed by atoms with Crippen molar-refractivity contribution in [2.24, 2.45) is 0 Å². The van der Waals surface area contributed by atoms with Crippen LogP contribution in [0.15, 0.2) is 67.1 Å². The Morgan fingerprint density at radius 2 is 1.32 bits per heavy atom. The highest BCUT2D eigenvalue weighted by Gasteiger charge is 2.31. The number of aliphatic hydroxyl groups is 4. The number of carbonyl (C=O) groups is 1. The van der Waals surface area contributed by atoms with E-state index in [1.54, 1.807) is 31.5 Å². The highest BCUT2D eigenvalue weighted by Crippen LogP contribution is 2.13. The van der Waals surface area contributed by atoms with Crippen molar-refractivity contribution in [2.75, 3.05) is 13.6 Å². The summed E-state index contributed by atoms with van der Waals surface area (Å²) in [5.74, 6) is -0.394. The third kappa shape index (κ3) is 8.38. The zero-order valence-electron chi connectivity index (χ0n) is 21.1. The summed E-state index contributed by atoms with van der Waals surface area (Å²) in [6, 6.07) is 15.0. The van der Waals surface area contributed by atoms with Crippen LogP contribution < -0.4 is 0 Å². The van der Waals surface area contributed by atoms with Crippen LogP contribution in [0.2, 0.25) is 0 Å². The van der Waals surface area contributed by atoms with Crippen LogP contribution in [0.4, 0.5) is 0 Å². The molecule has 0 aliphatic carbocycles. The second-order valence-electron chi connectivity index (χ2n) is 9.04. The molecule has 198 valence electrons. The molecule has 10 nitrogen and oxygen atoms in total. The largest absolute Gasteiger partial charge is 0.390 e. The molecule has 0 fully saturated rings. The molecule has 0 saturated heterocycles. The molecule has 4 N–H and O–H groups in total. The molecule has 10 heteroatoms. The van der Waals surface area contributed by atoms with Crippen LogP contribution in [-0.2, 0) is 19.6 Å². The van der Waals surface area contributed by atoms with Crippen molar-refractivity contribution in [1.82, 2.24) is 24.8 Å². The predicted octanol–water partition coefficient (Wildman–Crippen LogP) is 1.000. The van der Waals surface area contributed by atoms with Gasteiger partial charge in [-0.15, -0.1) is 0 Å². The van der Waals surface area contributed by atoms with Crippen LogP contribution in [0, 0.1) is 0 Å². The van der Waals surface area contributed by atoms with Crippen LogP contribution in [0.25, 0.3) is 0 Å². The molecule has 0 bridgehead atoms. The van der Waals surface area contributed by atoms with E-state index in [0.29, 0.717) is 25.2 Å². The normalized spacial score (nSPS) is 14.7. The number of rotatable bonds is 13. The van der Waals surface area contributed by atoms with Crippen LogP contribution in [0.1, 0.15) is 40.8 Å². The van der Waals surface area contributed by atoms with Crippen molar-refractivity contribution in [3.8, 4) is 0 Å². The molecule has 0 aromatic carbocycles. The first-order chi connectivity index (χ1) is 17.8. The summed E-state index contributed by atoms with van der Waals surface area (Å²) < 4.78 is 0. The van der Waals surface area contributed by atoms with E-state index in [1.807, 2.05) is 36.4 Å². The average Bonchev–Trinajstić information content (AvgIpc) is 2.92. The number of likely N-dealkylation sites (N-methyl/N-ethyl adjacent to an activating group) is 1. The van der Waals surface area contributed by atoms with E-state index < -0.39 is 30.3 Å². The minimum absolute atomic E-state index is 0.221. The van der Waals surface area contributed by atoms with E-state index in [9.17, 15) is 25.2 Å². The molecule has 0 radical (unpaired) electrons. The fraction of sp³-hybridized carbons (Fsp3) is 0.407. The predicted molar refractivity (Wildman–Crippen MR) is 137 cm³/mol. The van der Waals surface area contributed by atoms with Gasteiger partial charge in [-0.05, 0) is 42.8 Å². The summed E-state index contributed by atoms with van der Waals surface area (Å²) in [6.07, 6.45) is -0.482. The van der Waals surface area contributed by atoms with E-state index >= 15 is 0 Å². The summed E-state index contributed by atoms with van der Waals surface area (Å²) >= 11 is 0. The molecule has 3 heterocycles. The van der Waals surface area contributed by atoms with Gasteiger partial charge in [0.05, 0.1) is 28.7 Å². The van der Waals surface area contributed by atoms with Gasteiger partial charge >= 0.3 is 0 Å². The topological polar surface area (TPSA) is 143 Å². The molecule has 0 aliphatic heterocycles. The van der Waals surface area contributed by atoms with Gasteiger partial charge in [0.15, 0.2) is 0 Å². The maximum atomic E-state index is 12.8. The van der Waals surface area contributed by atoms with Gasteiger partial charge in [0.1, 0.15) is 18.3 Å². The maximum absolute atomic E-state index is 12.8. The molecular formula is C27H35N5O5. The zero-order chi connectivity index (χ0) is 26.8. The first-order valence-electron chi connectivity index (χ1n) is 12.2. The average molecular weight is 510 g/mol. The Balaban J connectivity index is 1.63. The molecule has 1 amide bonds. The van der Waals surface area contributed by atoms with E-state index in [2.05, 4.69) is 19.9 Å². The number of hydrogen-bond donors (Lipinski definition) is 4. The number of aliphatic hydroxyl groups excluding tert-OH is 4. The van der Waals surface area contributed by atoms with Crippen molar-refractivity contribution >= 4 is 5.91 Å². The summed E-state index contributed by atoms with van der Waals surface area (Å²) in [6.45, 7) is 3.13. The highest BCUT2D eigenvalue weighted by atomic mass is 16.4. The molecular weight excluding hydrogens is 474 g/mol. The van der Waals surface area contributed by atoms with E-state index in [1.165, 1.54) is 18.1 Å². The van der Waals surface area contributed by atoms with Gasteiger partial charge in [-0.2, -0.15) is 0 Å². The van der Waals surface area contributed by atoms with Crippen LogP contribution in [-0.4, -0.2) is 89.1 Å². The smallest absolute Gasteiger partial charge is 0.255 e. The number of pyridine rings is 3. The van der Waals surface area contributed by atoms with Crippen LogP contribution in [0.5, 0.6) is 0 Å². The highest BCUT2D eigenvalue weighted by molar-refractivity contribution is 5.93. The molecule has 0 spiro atoms. The van der Waals surface area contributed by atoms with Crippen LogP contribution in [0.3, 0.4) is 0 Å². The minimum Gasteiger partial charge on any atom is -0.390 e. The summed E-state index contributed by atoms with van der Waals surface area (Å²) in [7, 11) is 1.48. The minimum atomic E-state index is -1.59. The number of amides is 1. The fourth-order valence-electron chi connectivity index (χ4n) is 3.87. The Hall–Kier alpha value is -3.28. The first kappa shape index (κ1) is 28.3. The summed E-state index contributed by atoms with van der Waals surface area (Å²) in [4.78, 5) is 29.5. The van der Waals surface area contributed by atoms with Crippen molar-refractivity contribution in [1.29, 1.82) is 0 Å². The van der Waals surface area contributed by atoms with Crippen molar-refractivity contribution in [3.63, 3.8) is 0 Å². The molecule has 3 aromatic heterocycles. The second kappa shape index (κ2) is 13.9. The Kier molecular flexibility index (Phi) is 10.6. The second-order valence-corrected chi connectivity index (χ2v) is 9.04. The Bertz CT molecular complexity index is 1050. The van der Waals surface area contributed by atoms with Gasteiger partial charge in [-0.3, -0.25) is 24.6 Å². The Morgan fingerprint density at radius 1 is 0.784 bits per heavy atom. The first-order valence-corrected chi connectivity index (χ1v) is 12.2. The SMILES string of the molecule is CC[C@@H](O)[C@@H](O)[C@H](O)[C@@H](O)CN(C)C(=O)c1ccc(CN(Cc2ccccn2)Cc2ccccn2)nc1. The number of hydrogen-bond acceptors (Lipinski definition) is 9. The Labute approximate surface area is 216 Å². The van der Waals surface area contributed by atoms with Gasteiger partial charge in [0, 0.05) is 51.8 Å². The van der Waals surface area contributed by atoms with E-state index in [4.69, 9.17) is 0 Å². The van der Waals surface area contributed by atoms with Crippen molar-refractivity contribution in [3.05, 3.63) is 89.8 Å². The summed E-state index contributed by atoms with van der Waals surface area (Å²) in [5, 5.41) is 40.0. The molecule has 4 atom stereocenters. The molecule has 37 heavy (non-hydrogen) atoms. The maximum Gasteiger partial charge on any atom is 0.255 e. The third-order valence-electron chi connectivity index (χ3n) is 6.05. The molecule has 0 aliphatic rings. The molecule has 3 aromatic rings. The van der Waals surface area contributed by atoms with Crippen molar-refractivity contribution in [2.45, 2.75) is 57.4 Å². The van der Waals surface area contributed by atoms with Crippen LogP contribution >= 0.6 is 0 Å². The molecule has 0 unspecified atom stereocenters. The standard InChI is InChI=1S/C27H35N5O5/c1-3-23(33)25(35)26(36)24(34)18-31(2)27(37)19-10-11-22(30-14-19)17-32(15-20-8-4-6-12-28-20)16-21-9-5-7-13-29-21/h4-14,23-26,33-36H,3,15-18H2,1-2H3/t23-,24+,25-,26-/m1/s1. The monoisotopic (exact) mass is 509 g/mol. The third-order valence-corrected chi connectivity index (χ3v) is 6.05. The van der Waals surface area contributed by atoms with E-state index in [0.717, 1.165) is 17.1 Å². The van der Waals surface area contributed by atoms with Gasteiger partial charge < -0.3 is 25.3 Å². The Morgan fingerprint density at radius 3 is 1.78 bits per heavy atom. The van der Waals surface area contributed by atoms with Gasteiger partial charge in [-0.25, -0.2) is 0 Å². The van der Waals surface area contributed by atoms with Gasteiger partial charge in [0.2, 0.25) is 0 Å². The van der Waals surface area contributed by atoms with E-state index in [-0.39, 0.29) is 13.0 Å². The fourth-order valence-corrected chi connectivity index (χ4v) is 3.87. The zero-order valence-corrected chi connectivity index (χ0v) is 21.1. The molecule has 0 saturated carbocycles. The number of nitrogens with zero attached hydrogens (tertiary/aromatic N) is 5. The van der Waals surface area contributed by atoms with Crippen molar-refractivity contribution < 1.29 is 25.2 Å². The van der Waals surface area contributed by atoms with Gasteiger partial charge in [-0.1, -0.05) is 19.1 Å². The quantitative estimate of drug-likeness (QED) is 0.265. The van der Waals surface area contributed by atoms with Gasteiger partial charge in [0.25, 0.3) is 5.91 Å². The summed E-state index contributed by atoms with van der Waals surface area (Å²) in [5.41, 5.74) is 2.93. The lowest BCUT2D eigenvalue weighted by atomic mass is 10.0.